The molecule has 0 saturated heterocycles. The van der Waals surface area contributed by atoms with Gasteiger partial charge in [-0.3, -0.25) is 0 Å². The van der Waals surface area contributed by atoms with E-state index in [0.29, 0.717) is 11.1 Å². The van der Waals surface area contributed by atoms with Crippen molar-refractivity contribution in [2.24, 2.45) is 0 Å². The topological polar surface area (TPSA) is 72.5 Å². The molecule has 2 aromatic rings. The Bertz CT molecular complexity index is 638. The number of furan rings is 1. The number of carbonyl (C=O) groups is 1. The smallest absolute Gasteiger partial charge is 0.375 e. The second kappa shape index (κ2) is 5.55. The van der Waals surface area contributed by atoms with E-state index in [-0.39, 0.29) is 12.4 Å². The van der Waals surface area contributed by atoms with Crippen LogP contribution in [0.25, 0.3) is 11.0 Å². The van der Waals surface area contributed by atoms with Gasteiger partial charge in [-0.1, -0.05) is 18.2 Å². The Morgan fingerprint density at radius 2 is 2.21 bits per heavy atom. The molecule has 5 heteroatoms. The zero-order valence-electron chi connectivity index (χ0n) is 10.7. The normalized spacial score (nSPS) is 12.1. The molecule has 0 amide bonds. The lowest BCUT2D eigenvalue weighted by Crippen LogP contribution is -2.14. The van der Waals surface area contributed by atoms with Crippen molar-refractivity contribution < 1.29 is 18.7 Å². The van der Waals surface area contributed by atoms with E-state index in [0.717, 1.165) is 5.39 Å². The fourth-order valence-corrected chi connectivity index (χ4v) is 1.79. The quantitative estimate of drug-likeness (QED) is 0.789. The first-order valence-electron chi connectivity index (χ1n) is 5.77. The van der Waals surface area contributed by atoms with E-state index in [1.54, 1.807) is 6.07 Å². The number of methoxy groups -OCH3 is 1. The van der Waals surface area contributed by atoms with Crippen molar-refractivity contribution in [2.75, 3.05) is 7.11 Å². The molecule has 0 unspecified atom stereocenters. The molecule has 19 heavy (non-hydrogen) atoms. The average molecular weight is 259 g/mol. The molecule has 0 aliphatic heterocycles. The fourth-order valence-electron chi connectivity index (χ4n) is 1.79. The highest BCUT2D eigenvalue weighted by Crippen LogP contribution is 2.27. The SMILES string of the molecule is COCc1c(C(=O)O[C@H](C)C#N)oc2ccccc12. The summed E-state index contributed by atoms with van der Waals surface area (Å²) in [4.78, 5) is 12.0. The van der Waals surface area contributed by atoms with E-state index < -0.39 is 12.1 Å². The third-order valence-electron chi connectivity index (χ3n) is 2.64. The molecule has 1 atom stereocenters. The lowest BCUT2D eigenvalue weighted by atomic mass is 10.1. The maximum atomic E-state index is 12.0. The predicted molar refractivity (Wildman–Crippen MR) is 67.4 cm³/mol. The monoisotopic (exact) mass is 259 g/mol. The van der Waals surface area contributed by atoms with Gasteiger partial charge < -0.3 is 13.9 Å². The highest BCUT2D eigenvalue weighted by Gasteiger charge is 2.23. The highest BCUT2D eigenvalue weighted by atomic mass is 16.6. The van der Waals surface area contributed by atoms with Crippen LogP contribution in [0.15, 0.2) is 28.7 Å². The van der Waals surface area contributed by atoms with E-state index in [9.17, 15) is 4.79 Å². The highest BCUT2D eigenvalue weighted by molar-refractivity contribution is 5.96. The average Bonchev–Trinajstić information content (AvgIpc) is 2.78. The Morgan fingerprint density at radius 3 is 2.89 bits per heavy atom. The van der Waals surface area contributed by atoms with Gasteiger partial charge in [0.15, 0.2) is 6.10 Å². The van der Waals surface area contributed by atoms with Crippen LogP contribution in [0.5, 0.6) is 0 Å². The molecule has 0 aliphatic carbocycles. The van der Waals surface area contributed by atoms with Crippen molar-refractivity contribution in [1.29, 1.82) is 5.26 Å². The zero-order chi connectivity index (χ0) is 13.8. The Labute approximate surface area is 110 Å². The van der Waals surface area contributed by atoms with Crippen LogP contribution in [0.1, 0.15) is 23.0 Å². The number of hydrogen-bond donors (Lipinski definition) is 0. The van der Waals surface area contributed by atoms with Crippen LogP contribution in [0.3, 0.4) is 0 Å². The molecule has 0 aliphatic rings. The number of carbonyl (C=O) groups excluding carboxylic acids is 1. The molecule has 1 heterocycles. The van der Waals surface area contributed by atoms with Crippen molar-refractivity contribution in [3.05, 3.63) is 35.6 Å². The summed E-state index contributed by atoms with van der Waals surface area (Å²) in [5, 5.41) is 9.47. The van der Waals surface area contributed by atoms with Gasteiger partial charge >= 0.3 is 5.97 Å². The summed E-state index contributed by atoms with van der Waals surface area (Å²) in [6, 6.07) is 9.11. The molecule has 1 aromatic carbocycles. The minimum absolute atomic E-state index is 0.0881. The Kier molecular flexibility index (Phi) is 3.83. The van der Waals surface area contributed by atoms with Crippen molar-refractivity contribution in [1.82, 2.24) is 0 Å². The van der Waals surface area contributed by atoms with Gasteiger partial charge in [0.2, 0.25) is 5.76 Å². The van der Waals surface area contributed by atoms with E-state index >= 15 is 0 Å². The van der Waals surface area contributed by atoms with Crippen molar-refractivity contribution >= 4 is 16.9 Å². The van der Waals surface area contributed by atoms with Gasteiger partial charge in [-0.15, -0.1) is 0 Å². The van der Waals surface area contributed by atoms with Crippen LogP contribution in [0, 0.1) is 11.3 Å². The maximum Gasteiger partial charge on any atom is 0.375 e. The van der Waals surface area contributed by atoms with Gasteiger partial charge in [-0.05, 0) is 13.0 Å². The number of hydrogen-bond acceptors (Lipinski definition) is 5. The number of rotatable bonds is 4. The number of fused-ring (bicyclic) bond motifs is 1. The van der Waals surface area contributed by atoms with Gasteiger partial charge in [-0.2, -0.15) is 5.26 Å². The largest absolute Gasteiger partial charge is 0.449 e. The first-order chi connectivity index (χ1) is 9.17. The van der Waals surface area contributed by atoms with Gasteiger partial charge in [-0.25, -0.2) is 4.79 Å². The molecule has 0 bridgehead atoms. The second-order valence-electron chi connectivity index (χ2n) is 4.02. The van der Waals surface area contributed by atoms with E-state index in [4.69, 9.17) is 19.2 Å². The summed E-state index contributed by atoms with van der Waals surface area (Å²) in [6.07, 6.45) is -0.823. The lowest BCUT2D eigenvalue weighted by molar-refractivity contribution is 0.0395. The fraction of sp³-hybridized carbons (Fsp3) is 0.286. The molecule has 1 aromatic heterocycles. The van der Waals surface area contributed by atoms with Gasteiger partial charge in [0.1, 0.15) is 11.7 Å². The maximum absolute atomic E-state index is 12.0. The molecule has 98 valence electrons. The lowest BCUT2D eigenvalue weighted by Gasteiger charge is -2.05. The van der Waals surface area contributed by atoms with E-state index in [2.05, 4.69) is 0 Å². The number of para-hydroxylation sites is 1. The van der Waals surface area contributed by atoms with Gasteiger partial charge in [0, 0.05) is 18.1 Å². The van der Waals surface area contributed by atoms with Crippen molar-refractivity contribution in [3.8, 4) is 6.07 Å². The molecular formula is C14H13NO4. The van der Waals surface area contributed by atoms with Crippen LogP contribution in [-0.4, -0.2) is 19.2 Å². The second-order valence-corrected chi connectivity index (χ2v) is 4.02. The molecule has 0 N–H and O–H groups in total. The summed E-state index contributed by atoms with van der Waals surface area (Å²) >= 11 is 0. The minimum atomic E-state index is -0.823. The summed E-state index contributed by atoms with van der Waals surface area (Å²) in [5.74, 6) is -0.567. The number of nitrogens with zero attached hydrogens (tertiary/aromatic N) is 1. The molecule has 0 fully saturated rings. The zero-order valence-corrected chi connectivity index (χ0v) is 10.7. The Balaban J connectivity index is 2.44. The third kappa shape index (κ3) is 2.59. The molecule has 5 nitrogen and oxygen atoms in total. The molecule has 0 saturated carbocycles. The molecule has 2 rings (SSSR count). The first-order valence-corrected chi connectivity index (χ1v) is 5.77. The summed E-state index contributed by atoms with van der Waals surface area (Å²) < 4.78 is 15.5. The Hall–Kier alpha value is -2.32. The summed E-state index contributed by atoms with van der Waals surface area (Å²) in [6.45, 7) is 1.74. The standard InChI is InChI=1S/C14H13NO4/c1-9(7-15)18-14(16)13-11(8-17-2)10-5-3-4-6-12(10)19-13/h3-6,9H,8H2,1-2H3/t9-/m1/s1. The number of ether oxygens (including phenoxy) is 2. The summed E-state index contributed by atoms with van der Waals surface area (Å²) in [7, 11) is 1.54. The molecule has 0 radical (unpaired) electrons. The minimum Gasteiger partial charge on any atom is -0.449 e. The number of esters is 1. The van der Waals surface area contributed by atoms with Crippen LogP contribution in [0.4, 0.5) is 0 Å². The van der Waals surface area contributed by atoms with Crippen LogP contribution < -0.4 is 0 Å². The van der Waals surface area contributed by atoms with E-state index in [1.807, 2.05) is 24.3 Å². The van der Waals surface area contributed by atoms with Crippen molar-refractivity contribution in [3.63, 3.8) is 0 Å². The number of benzene rings is 1. The van der Waals surface area contributed by atoms with Crippen LogP contribution in [0.2, 0.25) is 0 Å². The number of nitriles is 1. The van der Waals surface area contributed by atoms with Gasteiger partial charge in [0.05, 0.1) is 6.61 Å². The van der Waals surface area contributed by atoms with Crippen LogP contribution >= 0.6 is 0 Å². The van der Waals surface area contributed by atoms with E-state index in [1.165, 1.54) is 14.0 Å². The first kappa shape index (κ1) is 13.1. The van der Waals surface area contributed by atoms with Gasteiger partial charge in [0.25, 0.3) is 0 Å². The third-order valence-corrected chi connectivity index (χ3v) is 2.64. The van der Waals surface area contributed by atoms with Crippen LogP contribution in [-0.2, 0) is 16.1 Å². The van der Waals surface area contributed by atoms with Crippen molar-refractivity contribution in [2.45, 2.75) is 19.6 Å². The molecular weight excluding hydrogens is 246 g/mol. The molecule has 0 spiro atoms. The predicted octanol–water partition coefficient (Wildman–Crippen LogP) is 2.65. The summed E-state index contributed by atoms with van der Waals surface area (Å²) in [5.41, 5.74) is 1.22. The Morgan fingerprint density at radius 1 is 1.47 bits per heavy atom.